The Hall–Kier alpha value is -0.660. The minimum Gasteiger partial charge on any atom is -0.469 e. The summed E-state index contributed by atoms with van der Waals surface area (Å²) < 4.78 is 16.3. The van der Waals surface area contributed by atoms with Crippen molar-refractivity contribution in [3.05, 3.63) is 35.9 Å². The molecule has 1 fully saturated rings. The highest BCUT2D eigenvalue weighted by Crippen LogP contribution is 2.30. The molecule has 1 aliphatic heterocycles. The van der Waals surface area contributed by atoms with Crippen LogP contribution in [0.2, 0.25) is 0 Å². The van der Waals surface area contributed by atoms with E-state index in [1.165, 1.54) is 7.11 Å². The predicted octanol–water partition coefficient (Wildman–Crippen LogP) is 2.47. The summed E-state index contributed by atoms with van der Waals surface area (Å²) in [7, 11) is 1.39. The monoisotopic (exact) mass is 362 g/mol. The molecule has 0 bridgehead atoms. The topological polar surface area (TPSA) is 44.8 Å². The summed E-state index contributed by atoms with van der Waals surface area (Å²) in [6.07, 6.45) is -0.305. The molecule has 5 heteroatoms. The van der Waals surface area contributed by atoms with Gasteiger partial charge >= 0.3 is 5.97 Å². The van der Waals surface area contributed by atoms with Gasteiger partial charge in [-0.05, 0) is 0 Å². The van der Waals surface area contributed by atoms with E-state index in [-0.39, 0.29) is 22.4 Å². The smallest absolute Gasteiger partial charge is 0.308 e. The lowest BCUT2D eigenvalue weighted by atomic mass is 10.1. The second-order valence-electron chi connectivity index (χ2n) is 4.05. The zero-order chi connectivity index (χ0) is 13.0. The Morgan fingerprint density at radius 3 is 2.83 bits per heavy atom. The van der Waals surface area contributed by atoms with Gasteiger partial charge in [0.05, 0.1) is 30.2 Å². The number of hydrogen-bond donors (Lipinski definition) is 0. The molecule has 1 aliphatic rings. The van der Waals surface area contributed by atoms with Gasteiger partial charge in [-0.1, -0.05) is 52.9 Å². The number of esters is 1. The van der Waals surface area contributed by atoms with Gasteiger partial charge in [-0.2, -0.15) is 0 Å². The molecular weight excluding hydrogens is 347 g/mol. The molecule has 0 saturated carbocycles. The third kappa shape index (κ3) is 3.43. The van der Waals surface area contributed by atoms with Crippen molar-refractivity contribution in [2.75, 3.05) is 13.7 Å². The molecule has 0 unspecified atom stereocenters. The highest BCUT2D eigenvalue weighted by molar-refractivity contribution is 14.1. The number of alkyl halides is 1. The molecular formula is C13H15IO4. The van der Waals surface area contributed by atoms with Crippen LogP contribution in [0.3, 0.4) is 0 Å². The maximum Gasteiger partial charge on any atom is 0.308 e. The second-order valence-corrected chi connectivity index (χ2v) is 5.65. The van der Waals surface area contributed by atoms with Crippen LogP contribution in [0, 0.1) is 0 Å². The van der Waals surface area contributed by atoms with E-state index >= 15 is 0 Å². The zero-order valence-corrected chi connectivity index (χ0v) is 12.2. The Morgan fingerprint density at radius 2 is 2.17 bits per heavy atom. The van der Waals surface area contributed by atoms with Crippen LogP contribution < -0.4 is 0 Å². The number of ether oxygens (including phenoxy) is 3. The molecule has 1 saturated heterocycles. The Morgan fingerprint density at radius 1 is 1.44 bits per heavy atom. The van der Waals surface area contributed by atoms with Crippen LogP contribution in [0.15, 0.2) is 30.3 Å². The van der Waals surface area contributed by atoms with Crippen LogP contribution in [0.1, 0.15) is 18.3 Å². The summed E-state index contributed by atoms with van der Waals surface area (Å²) in [6.45, 7) is 0.571. The average molecular weight is 362 g/mol. The van der Waals surface area contributed by atoms with E-state index in [9.17, 15) is 4.79 Å². The Labute approximate surface area is 120 Å². The highest BCUT2D eigenvalue weighted by atomic mass is 127. The largest absolute Gasteiger partial charge is 0.469 e. The lowest BCUT2D eigenvalue weighted by molar-refractivity contribution is -0.214. The minimum atomic E-state index is -0.396. The van der Waals surface area contributed by atoms with Crippen molar-refractivity contribution in [3.8, 4) is 0 Å². The third-order valence-corrected chi connectivity index (χ3v) is 3.94. The van der Waals surface area contributed by atoms with E-state index in [1.807, 2.05) is 30.3 Å². The molecule has 0 radical (unpaired) electrons. The lowest BCUT2D eigenvalue weighted by Crippen LogP contribution is -2.38. The van der Waals surface area contributed by atoms with Crippen molar-refractivity contribution in [1.82, 2.24) is 0 Å². The average Bonchev–Trinajstić information content (AvgIpc) is 2.42. The van der Waals surface area contributed by atoms with Crippen molar-refractivity contribution in [2.45, 2.75) is 22.7 Å². The third-order valence-electron chi connectivity index (χ3n) is 2.78. The number of benzene rings is 1. The van der Waals surface area contributed by atoms with Crippen LogP contribution in [0.25, 0.3) is 0 Å². The molecule has 1 aromatic rings. The van der Waals surface area contributed by atoms with Gasteiger partial charge in [-0.15, -0.1) is 0 Å². The maximum absolute atomic E-state index is 11.3. The summed E-state index contributed by atoms with van der Waals surface area (Å²) in [6, 6.07) is 9.72. The van der Waals surface area contributed by atoms with Gasteiger partial charge in [0, 0.05) is 5.56 Å². The summed E-state index contributed by atoms with van der Waals surface area (Å²) in [5.74, 6) is -0.254. The number of carbonyl (C=O) groups excluding carboxylic acids is 1. The fourth-order valence-corrected chi connectivity index (χ4v) is 2.41. The summed E-state index contributed by atoms with van der Waals surface area (Å²) in [5.41, 5.74) is 0.968. The number of methoxy groups -OCH3 is 1. The molecule has 0 aliphatic carbocycles. The van der Waals surface area contributed by atoms with Gasteiger partial charge in [0.15, 0.2) is 6.29 Å². The molecule has 1 heterocycles. The molecule has 3 atom stereocenters. The maximum atomic E-state index is 11.3. The molecule has 0 N–H and O–H groups in total. The van der Waals surface area contributed by atoms with Crippen LogP contribution in [-0.2, 0) is 19.0 Å². The van der Waals surface area contributed by atoms with E-state index < -0.39 is 6.29 Å². The zero-order valence-electron chi connectivity index (χ0n) is 10.0. The Balaban J connectivity index is 2.02. The van der Waals surface area contributed by atoms with Crippen molar-refractivity contribution in [3.63, 3.8) is 0 Å². The molecule has 0 amide bonds. The molecule has 0 aromatic heterocycles. The van der Waals surface area contributed by atoms with Gasteiger partial charge in [-0.3, -0.25) is 4.79 Å². The predicted molar refractivity (Wildman–Crippen MR) is 74.4 cm³/mol. The van der Waals surface area contributed by atoms with Gasteiger partial charge in [0.2, 0.25) is 0 Å². The first-order chi connectivity index (χ1) is 8.70. The van der Waals surface area contributed by atoms with Gasteiger partial charge < -0.3 is 14.2 Å². The van der Waals surface area contributed by atoms with E-state index in [1.54, 1.807) is 0 Å². The number of rotatable bonds is 3. The Kier molecular flexibility index (Phi) is 4.96. The fourth-order valence-electron chi connectivity index (χ4n) is 1.78. The molecule has 18 heavy (non-hydrogen) atoms. The second kappa shape index (κ2) is 6.49. The summed E-state index contributed by atoms with van der Waals surface area (Å²) >= 11 is 2.24. The van der Waals surface area contributed by atoms with E-state index in [4.69, 9.17) is 9.47 Å². The van der Waals surface area contributed by atoms with Crippen molar-refractivity contribution >= 4 is 28.6 Å². The summed E-state index contributed by atoms with van der Waals surface area (Å²) in [5, 5.41) is 0. The molecule has 1 aromatic carbocycles. The van der Waals surface area contributed by atoms with Gasteiger partial charge in [-0.25, -0.2) is 0 Å². The van der Waals surface area contributed by atoms with Crippen LogP contribution in [-0.4, -0.2) is 29.7 Å². The molecule has 0 spiro atoms. The van der Waals surface area contributed by atoms with Crippen LogP contribution >= 0.6 is 22.6 Å². The lowest BCUT2D eigenvalue weighted by Gasteiger charge is -2.33. The van der Waals surface area contributed by atoms with Crippen LogP contribution in [0.4, 0.5) is 0 Å². The van der Waals surface area contributed by atoms with Crippen molar-refractivity contribution in [1.29, 1.82) is 0 Å². The van der Waals surface area contributed by atoms with Crippen LogP contribution in [0.5, 0.6) is 0 Å². The highest BCUT2D eigenvalue weighted by Gasteiger charge is 2.32. The number of hydrogen-bond acceptors (Lipinski definition) is 4. The normalized spacial score (nSPS) is 27.8. The first-order valence-corrected chi connectivity index (χ1v) is 6.98. The van der Waals surface area contributed by atoms with Crippen molar-refractivity contribution < 1.29 is 19.0 Å². The molecule has 98 valence electrons. The fraction of sp³-hybridized carbons (Fsp3) is 0.462. The van der Waals surface area contributed by atoms with E-state index in [2.05, 4.69) is 27.3 Å². The first-order valence-electron chi connectivity index (χ1n) is 5.73. The number of halogens is 1. The van der Waals surface area contributed by atoms with E-state index in [0.29, 0.717) is 6.61 Å². The Bertz CT molecular complexity index is 395. The SMILES string of the molecule is COC(=O)C[C@@H]1O[C@H](c2ccccc2)OC[C@H]1I. The minimum absolute atomic E-state index is 0.154. The van der Waals surface area contributed by atoms with Gasteiger partial charge in [0.25, 0.3) is 0 Å². The number of carbonyl (C=O) groups is 1. The molecule has 2 rings (SSSR count). The van der Waals surface area contributed by atoms with E-state index in [0.717, 1.165) is 5.56 Å². The quantitative estimate of drug-likeness (QED) is 0.471. The standard InChI is InChI=1S/C13H15IO4/c1-16-12(15)7-11-10(14)8-17-13(18-11)9-5-3-2-4-6-9/h2-6,10-11,13H,7-8H2,1H3/t10-,11+,13-/m1/s1. The molecule has 4 nitrogen and oxygen atoms in total. The first kappa shape index (κ1) is 13.8. The van der Waals surface area contributed by atoms with Crippen molar-refractivity contribution in [2.24, 2.45) is 0 Å². The van der Waals surface area contributed by atoms with Gasteiger partial charge in [0.1, 0.15) is 0 Å². The summed E-state index contributed by atoms with van der Waals surface area (Å²) in [4.78, 5) is 11.3.